The third-order valence-corrected chi connectivity index (χ3v) is 3.67. The van der Waals surface area contributed by atoms with E-state index < -0.39 is 12.1 Å². The summed E-state index contributed by atoms with van der Waals surface area (Å²) in [7, 11) is 0. The number of hydrogen-bond acceptors (Lipinski definition) is 4. The van der Waals surface area contributed by atoms with Crippen molar-refractivity contribution in [2.75, 3.05) is 11.9 Å². The molecule has 0 saturated heterocycles. The lowest BCUT2D eigenvalue weighted by atomic mass is 10.1. The molecule has 0 saturated carbocycles. The molecule has 5 heteroatoms. The van der Waals surface area contributed by atoms with Crippen molar-refractivity contribution >= 4 is 17.6 Å². The number of carbonyl (C=O) groups excluding carboxylic acids is 2. The van der Waals surface area contributed by atoms with Gasteiger partial charge in [0.25, 0.3) is 0 Å². The molecule has 0 aliphatic rings. The van der Waals surface area contributed by atoms with Gasteiger partial charge in [-0.05, 0) is 62.2 Å². The molecule has 0 aliphatic heterocycles. The van der Waals surface area contributed by atoms with Crippen molar-refractivity contribution in [3.8, 4) is 5.75 Å². The van der Waals surface area contributed by atoms with Gasteiger partial charge in [0, 0.05) is 12.6 Å². The van der Waals surface area contributed by atoms with Crippen molar-refractivity contribution < 1.29 is 19.1 Å². The van der Waals surface area contributed by atoms with Crippen LogP contribution in [0.2, 0.25) is 0 Å². The van der Waals surface area contributed by atoms with Crippen molar-refractivity contribution in [3.05, 3.63) is 59.2 Å². The fraction of sp³-hybridized carbons (Fsp3) is 0.300. The third-order valence-electron chi connectivity index (χ3n) is 3.67. The first kappa shape index (κ1) is 18.5. The largest absolute Gasteiger partial charge is 0.494 e. The summed E-state index contributed by atoms with van der Waals surface area (Å²) in [6.07, 6.45) is -0.437. The van der Waals surface area contributed by atoms with Gasteiger partial charge in [-0.1, -0.05) is 12.1 Å². The van der Waals surface area contributed by atoms with E-state index in [2.05, 4.69) is 5.32 Å². The smallest absolute Gasteiger partial charge is 0.338 e. The fourth-order valence-corrected chi connectivity index (χ4v) is 2.46. The number of ether oxygens (including phenoxy) is 2. The first-order chi connectivity index (χ1) is 11.9. The number of rotatable bonds is 6. The van der Waals surface area contributed by atoms with E-state index in [-0.39, 0.29) is 5.91 Å². The first-order valence-electron chi connectivity index (χ1n) is 8.22. The Morgan fingerprint density at radius 2 is 1.92 bits per heavy atom. The van der Waals surface area contributed by atoms with Crippen LogP contribution in [0.25, 0.3) is 0 Å². The number of carbonyl (C=O) groups is 2. The highest BCUT2D eigenvalue weighted by molar-refractivity contribution is 5.90. The molecule has 0 radical (unpaired) electrons. The highest BCUT2D eigenvalue weighted by Crippen LogP contribution is 2.24. The maximum Gasteiger partial charge on any atom is 0.338 e. The Kier molecular flexibility index (Phi) is 6.17. The van der Waals surface area contributed by atoms with E-state index in [0.717, 1.165) is 16.9 Å². The highest BCUT2D eigenvalue weighted by Gasteiger charge is 2.15. The van der Waals surface area contributed by atoms with Gasteiger partial charge in [0.15, 0.2) is 0 Å². The number of hydrogen-bond donors (Lipinski definition) is 1. The molecular weight excluding hydrogens is 318 g/mol. The van der Waals surface area contributed by atoms with Crippen LogP contribution >= 0.6 is 0 Å². The Morgan fingerprint density at radius 1 is 1.16 bits per heavy atom. The van der Waals surface area contributed by atoms with Crippen LogP contribution in [0, 0.1) is 6.92 Å². The molecule has 0 fully saturated rings. The molecule has 2 aromatic carbocycles. The lowest BCUT2D eigenvalue weighted by Gasteiger charge is -2.15. The third kappa shape index (κ3) is 5.08. The minimum Gasteiger partial charge on any atom is -0.494 e. The van der Waals surface area contributed by atoms with E-state index in [1.54, 1.807) is 37.3 Å². The monoisotopic (exact) mass is 341 g/mol. The SMILES string of the molecule is CCOc1ccc(C(=O)OC(C)c2cccc(NC(C)=O)c2)cc1C. The second-order valence-electron chi connectivity index (χ2n) is 5.77. The summed E-state index contributed by atoms with van der Waals surface area (Å²) in [6.45, 7) is 7.63. The van der Waals surface area contributed by atoms with E-state index in [9.17, 15) is 9.59 Å². The predicted molar refractivity (Wildman–Crippen MR) is 96.9 cm³/mol. The van der Waals surface area contributed by atoms with Crippen molar-refractivity contribution in [3.63, 3.8) is 0 Å². The lowest BCUT2D eigenvalue weighted by molar-refractivity contribution is -0.114. The topological polar surface area (TPSA) is 64.6 Å². The van der Waals surface area contributed by atoms with Crippen LogP contribution in [0.15, 0.2) is 42.5 Å². The van der Waals surface area contributed by atoms with Gasteiger partial charge in [-0.3, -0.25) is 4.79 Å². The van der Waals surface area contributed by atoms with E-state index in [1.807, 2.05) is 26.0 Å². The molecule has 1 atom stereocenters. The second-order valence-corrected chi connectivity index (χ2v) is 5.77. The quantitative estimate of drug-likeness (QED) is 0.797. The number of aryl methyl sites for hydroxylation is 1. The Balaban J connectivity index is 2.09. The summed E-state index contributed by atoms with van der Waals surface area (Å²) < 4.78 is 11.0. The first-order valence-corrected chi connectivity index (χ1v) is 8.22. The van der Waals surface area contributed by atoms with Gasteiger partial charge in [-0.2, -0.15) is 0 Å². The number of benzene rings is 2. The van der Waals surface area contributed by atoms with Crippen LogP contribution in [-0.2, 0) is 9.53 Å². The lowest BCUT2D eigenvalue weighted by Crippen LogP contribution is -2.11. The van der Waals surface area contributed by atoms with Gasteiger partial charge in [0.05, 0.1) is 12.2 Å². The zero-order chi connectivity index (χ0) is 18.4. The summed E-state index contributed by atoms with van der Waals surface area (Å²) in [5.74, 6) is 0.213. The number of esters is 1. The minimum atomic E-state index is -0.437. The Hall–Kier alpha value is -2.82. The number of amides is 1. The molecule has 0 aromatic heterocycles. The predicted octanol–water partition coefficient (Wildman–Crippen LogP) is 4.27. The maximum atomic E-state index is 12.4. The van der Waals surface area contributed by atoms with Crippen molar-refractivity contribution in [2.45, 2.75) is 33.8 Å². The van der Waals surface area contributed by atoms with Gasteiger partial charge in [0.2, 0.25) is 5.91 Å². The molecular formula is C20H23NO4. The molecule has 25 heavy (non-hydrogen) atoms. The minimum absolute atomic E-state index is 0.147. The summed E-state index contributed by atoms with van der Waals surface area (Å²) in [5, 5.41) is 2.72. The molecule has 5 nitrogen and oxygen atoms in total. The standard InChI is InChI=1S/C20H23NO4/c1-5-24-19-10-9-17(11-13(19)2)20(23)25-14(3)16-7-6-8-18(12-16)21-15(4)22/h6-12,14H,5H2,1-4H3,(H,21,22). The van der Waals surface area contributed by atoms with Crippen LogP contribution in [0.5, 0.6) is 5.75 Å². The van der Waals surface area contributed by atoms with Crippen LogP contribution in [0.1, 0.15) is 48.4 Å². The van der Waals surface area contributed by atoms with E-state index in [1.165, 1.54) is 6.92 Å². The van der Waals surface area contributed by atoms with Gasteiger partial charge in [-0.25, -0.2) is 4.79 Å². The average Bonchev–Trinajstić information content (AvgIpc) is 2.56. The molecule has 2 rings (SSSR count). The fourth-order valence-electron chi connectivity index (χ4n) is 2.46. The summed E-state index contributed by atoms with van der Waals surface area (Å²) in [6, 6.07) is 12.5. The molecule has 0 spiro atoms. The van der Waals surface area contributed by atoms with Gasteiger partial charge >= 0.3 is 5.97 Å². The van der Waals surface area contributed by atoms with E-state index in [0.29, 0.717) is 17.9 Å². The maximum absolute atomic E-state index is 12.4. The van der Waals surface area contributed by atoms with Crippen LogP contribution in [0.3, 0.4) is 0 Å². The second kappa shape index (κ2) is 8.33. The zero-order valence-corrected chi connectivity index (χ0v) is 15.0. The van der Waals surface area contributed by atoms with Gasteiger partial charge in [-0.15, -0.1) is 0 Å². The van der Waals surface area contributed by atoms with Crippen molar-refractivity contribution in [1.82, 2.24) is 0 Å². The molecule has 1 amide bonds. The van der Waals surface area contributed by atoms with Crippen molar-refractivity contribution in [1.29, 1.82) is 0 Å². The molecule has 0 bridgehead atoms. The number of anilines is 1. The van der Waals surface area contributed by atoms with Crippen LogP contribution in [0.4, 0.5) is 5.69 Å². The highest BCUT2D eigenvalue weighted by atomic mass is 16.5. The Labute approximate surface area is 148 Å². The van der Waals surface area contributed by atoms with E-state index >= 15 is 0 Å². The summed E-state index contributed by atoms with van der Waals surface area (Å²) >= 11 is 0. The summed E-state index contributed by atoms with van der Waals surface area (Å²) in [4.78, 5) is 23.5. The zero-order valence-electron chi connectivity index (χ0n) is 15.0. The van der Waals surface area contributed by atoms with Crippen molar-refractivity contribution in [2.24, 2.45) is 0 Å². The average molecular weight is 341 g/mol. The van der Waals surface area contributed by atoms with Gasteiger partial charge in [0.1, 0.15) is 11.9 Å². The summed E-state index contributed by atoms with van der Waals surface area (Å²) in [5.41, 5.74) is 2.84. The van der Waals surface area contributed by atoms with Crippen LogP contribution in [-0.4, -0.2) is 18.5 Å². The molecule has 0 aliphatic carbocycles. The Bertz CT molecular complexity index is 770. The normalized spacial score (nSPS) is 11.5. The molecule has 1 N–H and O–H groups in total. The molecule has 1 unspecified atom stereocenters. The van der Waals surface area contributed by atoms with Crippen LogP contribution < -0.4 is 10.1 Å². The number of nitrogens with one attached hydrogen (secondary N) is 1. The molecule has 2 aromatic rings. The molecule has 0 heterocycles. The Morgan fingerprint density at radius 3 is 2.56 bits per heavy atom. The van der Waals surface area contributed by atoms with Gasteiger partial charge < -0.3 is 14.8 Å². The molecule has 132 valence electrons. The van der Waals surface area contributed by atoms with E-state index in [4.69, 9.17) is 9.47 Å².